The van der Waals surface area contributed by atoms with E-state index in [2.05, 4.69) is 6.92 Å². The highest BCUT2D eigenvalue weighted by atomic mass is 14.4. The van der Waals surface area contributed by atoms with Gasteiger partial charge in [-0.15, -0.1) is 0 Å². The van der Waals surface area contributed by atoms with Crippen LogP contribution >= 0.6 is 0 Å². The normalized spacial score (nSPS) is 34.4. The molecule has 0 amide bonds. The summed E-state index contributed by atoms with van der Waals surface area (Å²) in [5, 5.41) is 0. The van der Waals surface area contributed by atoms with E-state index in [1.54, 1.807) is 70.6 Å². The first-order valence-electron chi connectivity index (χ1n) is 12.4. The van der Waals surface area contributed by atoms with Crippen LogP contribution in [0.3, 0.4) is 0 Å². The van der Waals surface area contributed by atoms with Gasteiger partial charge in [0.15, 0.2) is 0 Å². The van der Waals surface area contributed by atoms with Crippen LogP contribution in [0, 0.1) is 29.6 Å². The van der Waals surface area contributed by atoms with Crippen LogP contribution in [0.1, 0.15) is 129 Å². The van der Waals surface area contributed by atoms with Crippen LogP contribution in [0.4, 0.5) is 0 Å². The van der Waals surface area contributed by atoms with Gasteiger partial charge in [-0.1, -0.05) is 90.4 Å². The van der Waals surface area contributed by atoms with Crippen molar-refractivity contribution in [3.63, 3.8) is 0 Å². The summed E-state index contributed by atoms with van der Waals surface area (Å²) >= 11 is 0. The monoisotopic (exact) mass is 346 g/mol. The molecule has 0 bridgehead atoms. The van der Waals surface area contributed by atoms with Gasteiger partial charge in [0, 0.05) is 0 Å². The van der Waals surface area contributed by atoms with Crippen molar-refractivity contribution in [3.8, 4) is 0 Å². The molecule has 0 nitrogen and oxygen atoms in total. The van der Waals surface area contributed by atoms with Crippen molar-refractivity contribution in [1.82, 2.24) is 0 Å². The molecule has 0 radical (unpaired) electrons. The van der Waals surface area contributed by atoms with Gasteiger partial charge in [-0.25, -0.2) is 0 Å². The second kappa shape index (κ2) is 11.0. The summed E-state index contributed by atoms with van der Waals surface area (Å²) in [6.45, 7) is 2.32. The predicted molar refractivity (Wildman–Crippen MR) is 111 cm³/mol. The molecule has 3 fully saturated rings. The minimum absolute atomic E-state index is 1.09. The molecular formula is C25H46. The minimum atomic E-state index is 1.09. The van der Waals surface area contributed by atoms with Crippen LogP contribution in [0.15, 0.2) is 0 Å². The lowest BCUT2D eigenvalue weighted by molar-refractivity contribution is 0.124. The van der Waals surface area contributed by atoms with Crippen molar-refractivity contribution in [1.29, 1.82) is 0 Å². The quantitative estimate of drug-likeness (QED) is 0.367. The molecule has 3 saturated carbocycles. The largest absolute Gasteiger partial charge is 0.0654 e. The number of rotatable bonds is 9. The lowest BCUT2D eigenvalue weighted by Gasteiger charge is -2.39. The molecule has 146 valence electrons. The Morgan fingerprint density at radius 1 is 0.480 bits per heavy atom. The van der Waals surface area contributed by atoms with Gasteiger partial charge in [-0.2, -0.15) is 0 Å². The zero-order chi connectivity index (χ0) is 17.3. The lowest BCUT2D eigenvalue weighted by atomic mass is 9.67. The maximum atomic E-state index is 2.32. The summed E-state index contributed by atoms with van der Waals surface area (Å²) in [6.07, 6.45) is 29.3. The summed E-state index contributed by atoms with van der Waals surface area (Å²) < 4.78 is 0. The average molecular weight is 347 g/mol. The van der Waals surface area contributed by atoms with Crippen molar-refractivity contribution < 1.29 is 0 Å². The third-order valence-corrected chi connectivity index (χ3v) is 8.41. The van der Waals surface area contributed by atoms with Crippen LogP contribution in [0.25, 0.3) is 0 Å². The van der Waals surface area contributed by atoms with Gasteiger partial charge < -0.3 is 0 Å². The van der Waals surface area contributed by atoms with Gasteiger partial charge in [-0.05, 0) is 68.1 Å². The van der Waals surface area contributed by atoms with E-state index in [0.29, 0.717) is 0 Å². The predicted octanol–water partition coefficient (Wildman–Crippen LogP) is 8.54. The molecule has 0 N–H and O–H groups in total. The SMILES string of the molecule is CCCCCCCCC1CCC(C2CCC(C3CCCC3)CC2)CC1. The molecule has 3 aliphatic rings. The molecule has 25 heavy (non-hydrogen) atoms. The van der Waals surface area contributed by atoms with E-state index in [-0.39, 0.29) is 0 Å². The Labute approximate surface area is 158 Å². The fourth-order valence-electron chi connectivity index (χ4n) is 6.68. The van der Waals surface area contributed by atoms with Gasteiger partial charge in [0.2, 0.25) is 0 Å². The Morgan fingerprint density at radius 2 is 0.920 bits per heavy atom. The zero-order valence-corrected chi connectivity index (χ0v) is 17.3. The third kappa shape index (κ3) is 6.28. The van der Waals surface area contributed by atoms with E-state index in [0.717, 1.165) is 29.6 Å². The molecule has 3 rings (SSSR count). The maximum absolute atomic E-state index is 2.32. The van der Waals surface area contributed by atoms with E-state index in [1.807, 2.05) is 0 Å². The summed E-state index contributed by atoms with van der Waals surface area (Å²) in [6, 6.07) is 0. The molecule has 0 heteroatoms. The summed E-state index contributed by atoms with van der Waals surface area (Å²) in [5.41, 5.74) is 0. The summed E-state index contributed by atoms with van der Waals surface area (Å²) in [4.78, 5) is 0. The number of hydrogen-bond acceptors (Lipinski definition) is 0. The van der Waals surface area contributed by atoms with Gasteiger partial charge in [0.05, 0.1) is 0 Å². The fraction of sp³-hybridized carbons (Fsp3) is 1.00. The smallest absolute Gasteiger partial charge is 0.0386 e. The van der Waals surface area contributed by atoms with Crippen LogP contribution in [-0.4, -0.2) is 0 Å². The zero-order valence-electron chi connectivity index (χ0n) is 17.3. The molecule has 3 aliphatic carbocycles. The first-order valence-corrected chi connectivity index (χ1v) is 12.4. The first-order chi connectivity index (χ1) is 12.4. The Kier molecular flexibility index (Phi) is 8.68. The van der Waals surface area contributed by atoms with Crippen molar-refractivity contribution in [2.45, 2.75) is 129 Å². The lowest BCUT2D eigenvalue weighted by Crippen LogP contribution is -2.27. The standard InChI is InChI=1S/C25H46/c1-2-3-4-5-6-7-10-21-13-15-23(16-14-21)25-19-17-24(18-20-25)22-11-8-9-12-22/h21-25H,2-20H2,1H3. The van der Waals surface area contributed by atoms with Gasteiger partial charge >= 0.3 is 0 Å². The van der Waals surface area contributed by atoms with Crippen molar-refractivity contribution >= 4 is 0 Å². The fourth-order valence-corrected chi connectivity index (χ4v) is 6.68. The van der Waals surface area contributed by atoms with Gasteiger partial charge in [0.25, 0.3) is 0 Å². The first kappa shape index (κ1) is 19.8. The molecule has 0 saturated heterocycles. The molecule has 0 aliphatic heterocycles. The molecule has 0 spiro atoms. The number of unbranched alkanes of at least 4 members (excludes halogenated alkanes) is 5. The molecule has 0 aromatic carbocycles. The molecule has 0 heterocycles. The van der Waals surface area contributed by atoms with E-state index >= 15 is 0 Å². The topological polar surface area (TPSA) is 0 Å². The van der Waals surface area contributed by atoms with Crippen LogP contribution in [-0.2, 0) is 0 Å². The Bertz CT molecular complexity index is 324. The highest BCUT2D eigenvalue weighted by molar-refractivity contribution is 4.85. The van der Waals surface area contributed by atoms with Crippen molar-refractivity contribution in [2.24, 2.45) is 29.6 Å². The van der Waals surface area contributed by atoms with Crippen LogP contribution < -0.4 is 0 Å². The summed E-state index contributed by atoms with van der Waals surface area (Å²) in [5.74, 6) is 5.59. The van der Waals surface area contributed by atoms with Crippen molar-refractivity contribution in [2.75, 3.05) is 0 Å². The third-order valence-electron chi connectivity index (χ3n) is 8.41. The molecule has 0 atom stereocenters. The van der Waals surface area contributed by atoms with E-state index in [1.165, 1.54) is 51.4 Å². The maximum Gasteiger partial charge on any atom is -0.0386 e. The van der Waals surface area contributed by atoms with E-state index in [9.17, 15) is 0 Å². The highest BCUT2D eigenvalue weighted by Crippen LogP contribution is 2.46. The second-order valence-electron chi connectivity index (χ2n) is 10.1. The Balaban J connectivity index is 1.25. The van der Waals surface area contributed by atoms with E-state index in [4.69, 9.17) is 0 Å². The highest BCUT2D eigenvalue weighted by Gasteiger charge is 2.33. The van der Waals surface area contributed by atoms with Gasteiger partial charge in [-0.3, -0.25) is 0 Å². The van der Waals surface area contributed by atoms with Crippen LogP contribution in [0.2, 0.25) is 0 Å². The van der Waals surface area contributed by atoms with Gasteiger partial charge in [0.1, 0.15) is 0 Å². The average Bonchev–Trinajstić information content (AvgIpc) is 3.20. The molecular weight excluding hydrogens is 300 g/mol. The number of hydrogen-bond donors (Lipinski definition) is 0. The Hall–Kier alpha value is 0. The van der Waals surface area contributed by atoms with Crippen molar-refractivity contribution in [3.05, 3.63) is 0 Å². The molecule has 0 unspecified atom stereocenters. The molecule has 0 aromatic rings. The minimum Gasteiger partial charge on any atom is -0.0654 e. The second-order valence-corrected chi connectivity index (χ2v) is 10.1. The van der Waals surface area contributed by atoms with E-state index < -0.39 is 0 Å². The summed E-state index contributed by atoms with van der Waals surface area (Å²) in [7, 11) is 0. The van der Waals surface area contributed by atoms with Crippen LogP contribution in [0.5, 0.6) is 0 Å². The molecule has 0 aromatic heterocycles. The Morgan fingerprint density at radius 3 is 1.48 bits per heavy atom.